The van der Waals surface area contributed by atoms with Crippen molar-refractivity contribution in [2.75, 3.05) is 23.7 Å². The number of nitrogen functional groups attached to an aromatic ring is 1. The van der Waals surface area contributed by atoms with E-state index in [1.165, 1.54) is 0 Å². The summed E-state index contributed by atoms with van der Waals surface area (Å²) in [6, 6.07) is 6.31. The summed E-state index contributed by atoms with van der Waals surface area (Å²) in [4.78, 5) is 6.42. The molecule has 0 radical (unpaired) electrons. The summed E-state index contributed by atoms with van der Waals surface area (Å²) in [7, 11) is 0. The first-order chi connectivity index (χ1) is 8.67. The van der Waals surface area contributed by atoms with E-state index in [4.69, 9.17) is 11.0 Å². The molecular weight excluding hydrogens is 244 g/mol. The number of anilines is 2. The molecule has 0 amide bonds. The van der Waals surface area contributed by atoms with Gasteiger partial charge in [0.2, 0.25) is 0 Å². The molecule has 18 heavy (non-hydrogen) atoms. The van der Waals surface area contributed by atoms with Crippen molar-refractivity contribution >= 4 is 32.9 Å². The molecule has 5 heteroatoms. The van der Waals surface area contributed by atoms with E-state index in [0.29, 0.717) is 12.2 Å². The first-order valence-electron chi connectivity index (χ1n) is 5.93. The maximum atomic E-state index is 8.92. The largest absolute Gasteiger partial charge is 0.395 e. The minimum Gasteiger partial charge on any atom is -0.395 e. The zero-order valence-corrected chi connectivity index (χ0v) is 11.4. The van der Waals surface area contributed by atoms with Gasteiger partial charge in [0.15, 0.2) is 0 Å². The molecule has 0 saturated carbocycles. The number of rotatable bonds is 4. The molecule has 0 saturated heterocycles. The van der Waals surface area contributed by atoms with Gasteiger partial charge in [-0.1, -0.05) is 0 Å². The van der Waals surface area contributed by atoms with Crippen LogP contribution in [-0.4, -0.2) is 18.1 Å². The van der Waals surface area contributed by atoms with Crippen LogP contribution in [0.4, 0.5) is 11.4 Å². The van der Waals surface area contributed by atoms with Gasteiger partial charge in [-0.25, -0.2) is 4.98 Å². The molecule has 4 nitrogen and oxygen atoms in total. The fourth-order valence-corrected chi connectivity index (χ4v) is 2.68. The number of nitriles is 1. The average molecular weight is 260 g/mol. The van der Waals surface area contributed by atoms with Crippen LogP contribution in [0, 0.1) is 17.2 Å². The topological polar surface area (TPSA) is 65.9 Å². The van der Waals surface area contributed by atoms with Gasteiger partial charge in [0, 0.05) is 13.1 Å². The van der Waals surface area contributed by atoms with Gasteiger partial charge in [-0.15, -0.1) is 11.3 Å². The third kappa shape index (κ3) is 2.24. The molecule has 0 aliphatic carbocycles. The van der Waals surface area contributed by atoms with E-state index in [9.17, 15) is 0 Å². The Labute approximate surface area is 111 Å². The Bertz CT molecular complexity index is 584. The number of nitrogens with two attached hydrogens (primary N) is 1. The van der Waals surface area contributed by atoms with Crippen LogP contribution in [-0.2, 0) is 0 Å². The number of fused-ring (bicyclic) bond motifs is 1. The van der Waals surface area contributed by atoms with E-state index < -0.39 is 0 Å². The molecule has 1 heterocycles. The molecule has 1 aromatic heterocycles. The summed E-state index contributed by atoms with van der Waals surface area (Å²) in [6.45, 7) is 5.49. The van der Waals surface area contributed by atoms with Crippen LogP contribution in [0.3, 0.4) is 0 Å². The highest BCUT2D eigenvalue weighted by Gasteiger charge is 2.14. The Morgan fingerprint density at radius 2 is 2.33 bits per heavy atom. The number of aromatic nitrogens is 1. The normalized spacial score (nSPS) is 12.3. The molecule has 1 aromatic carbocycles. The lowest BCUT2D eigenvalue weighted by Crippen LogP contribution is -2.28. The number of thiazole rings is 1. The summed E-state index contributed by atoms with van der Waals surface area (Å²) < 4.78 is 1.10. The second-order valence-electron chi connectivity index (χ2n) is 4.27. The minimum absolute atomic E-state index is 0.0181. The third-order valence-corrected chi connectivity index (χ3v) is 3.75. The van der Waals surface area contributed by atoms with E-state index in [2.05, 4.69) is 22.9 Å². The van der Waals surface area contributed by atoms with Gasteiger partial charge >= 0.3 is 0 Å². The lowest BCUT2D eigenvalue weighted by atomic mass is 10.1. The fourth-order valence-electron chi connectivity index (χ4n) is 1.99. The first kappa shape index (κ1) is 12.7. The Balaban J connectivity index is 2.39. The van der Waals surface area contributed by atoms with Crippen molar-refractivity contribution in [2.24, 2.45) is 5.92 Å². The monoisotopic (exact) mass is 260 g/mol. The van der Waals surface area contributed by atoms with Crippen LogP contribution in [0.5, 0.6) is 0 Å². The van der Waals surface area contributed by atoms with Crippen LogP contribution >= 0.6 is 11.3 Å². The highest BCUT2D eigenvalue weighted by Crippen LogP contribution is 2.32. The average Bonchev–Trinajstić information content (AvgIpc) is 2.86. The van der Waals surface area contributed by atoms with E-state index in [1.54, 1.807) is 16.8 Å². The van der Waals surface area contributed by atoms with Crippen molar-refractivity contribution < 1.29 is 0 Å². The molecule has 0 fully saturated rings. The molecule has 94 valence electrons. The number of nitrogens with zero attached hydrogens (tertiary/aromatic N) is 3. The van der Waals surface area contributed by atoms with Crippen molar-refractivity contribution in [1.82, 2.24) is 4.98 Å². The second kappa shape index (κ2) is 5.23. The molecule has 2 aromatic rings. The summed E-state index contributed by atoms with van der Waals surface area (Å²) in [5.74, 6) is -0.0181. The summed E-state index contributed by atoms with van der Waals surface area (Å²) >= 11 is 1.59. The zero-order valence-electron chi connectivity index (χ0n) is 10.6. The quantitative estimate of drug-likeness (QED) is 0.858. The maximum absolute atomic E-state index is 8.92. The Kier molecular flexibility index (Phi) is 3.68. The van der Waals surface area contributed by atoms with E-state index in [0.717, 1.165) is 22.4 Å². The number of hydrogen-bond acceptors (Lipinski definition) is 5. The van der Waals surface area contributed by atoms with Gasteiger partial charge in [-0.3, -0.25) is 0 Å². The molecule has 0 spiro atoms. The van der Waals surface area contributed by atoms with Crippen molar-refractivity contribution in [3.8, 4) is 6.07 Å². The van der Waals surface area contributed by atoms with Crippen molar-refractivity contribution in [1.29, 1.82) is 5.26 Å². The third-order valence-electron chi connectivity index (χ3n) is 2.96. The maximum Gasteiger partial charge on any atom is 0.106 e. The van der Waals surface area contributed by atoms with E-state index >= 15 is 0 Å². The molecule has 0 bridgehead atoms. The minimum atomic E-state index is -0.0181. The highest BCUT2D eigenvalue weighted by atomic mass is 32.1. The van der Waals surface area contributed by atoms with Crippen LogP contribution in [0.15, 0.2) is 17.6 Å². The zero-order chi connectivity index (χ0) is 13.1. The molecule has 2 N–H and O–H groups in total. The van der Waals surface area contributed by atoms with Crippen molar-refractivity contribution in [3.63, 3.8) is 0 Å². The Morgan fingerprint density at radius 3 is 3.00 bits per heavy atom. The van der Waals surface area contributed by atoms with Gasteiger partial charge in [0.1, 0.15) is 5.52 Å². The number of hydrogen-bond donors (Lipinski definition) is 1. The van der Waals surface area contributed by atoms with E-state index in [-0.39, 0.29) is 5.92 Å². The molecule has 0 aliphatic heterocycles. The fraction of sp³-hybridized carbons (Fsp3) is 0.385. The van der Waals surface area contributed by atoms with E-state index in [1.807, 2.05) is 19.1 Å². The second-order valence-corrected chi connectivity index (χ2v) is 5.15. The molecule has 2 rings (SSSR count). The van der Waals surface area contributed by atoms with Gasteiger partial charge in [-0.05, 0) is 26.0 Å². The summed E-state index contributed by atoms with van der Waals surface area (Å²) in [5, 5.41) is 8.92. The van der Waals surface area contributed by atoms with Gasteiger partial charge in [0.05, 0.1) is 33.6 Å². The number of benzene rings is 1. The smallest absolute Gasteiger partial charge is 0.106 e. The standard InChI is InChI=1S/C13H16N4S/c1-3-17(7-9(2)6-14)10-4-5-11-13(12(10)15)16-8-18-11/h4-5,8-9H,3,7,15H2,1-2H3. The molecule has 1 atom stereocenters. The van der Waals surface area contributed by atoms with Crippen LogP contribution < -0.4 is 10.6 Å². The Hall–Kier alpha value is -1.80. The Morgan fingerprint density at radius 1 is 1.56 bits per heavy atom. The lowest BCUT2D eigenvalue weighted by Gasteiger charge is -2.25. The SMILES string of the molecule is CCN(CC(C)C#N)c1ccc2scnc2c1N. The highest BCUT2D eigenvalue weighted by molar-refractivity contribution is 7.16. The van der Waals surface area contributed by atoms with Gasteiger partial charge < -0.3 is 10.6 Å². The molecule has 0 aliphatic rings. The predicted molar refractivity (Wildman–Crippen MR) is 76.7 cm³/mol. The summed E-state index contributed by atoms with van der Waals surface area (Å²) in [5.41, 5.74) is 10.5. The first-order valence-corrected chi connectivity index (χ1v) is 6.81. The van der Waals surface area contributed by atoms with Crippen molar-refractivity contribution in [2.45, 2.75) is 13.8 Å². The predicted octanol–water partition coefficient (Wildman–Crippen LogP) is 2.86. The van der Waals surface area contributed by atoms with Crippen molar-refractivity contribution in [3.05, 3.63) is 17.6 Å². The van der Waals surface area contributed by atoms with Crippen LogP contribution in [0.25, 0.3) is 10.2 Å². The summed E-state index contributed by atoms with van der Waals surface area (Å²) in [6.07, 6.45) is 0. The molecular formula is C13H16N4S. The lowest BCUT2D eigenvalue weighted by molar-refractivity contribution is 0.687. The van der Waals surface area contributed by atoms with Crippen LogP contribution in [0.1, 0.15) is 13.8 Å². The van der Waals surface area contributed by atoms with Gasteiger partial charge in [0.25, 0.3) is 0 Å². The molecule has 1 unspecified atom stereocenters. The van der Waals surface area contributed by atoms with Gasteiger partial charge in [-0.2, -0.15) is 5.26 Å². The van der Waals surface area contributed by atoms with Crippen LogP contribution in [0.2, 0.25) is 0 Å².